The van der Waals surface area contributed by atoms with Gasteiger partial charge in [-0.25, -0.2) is 0 Å². The number of aliphatic imine (C=N–C) groups is 1. The lowest BCUT2D eigenvalue weighted by Gasteiger charge is -2.17. The maximum absolute atomic E-state index is 12.6. The van der Waals surface area contributed by atoms with Crippen molar-refractivity contribution in [3.05, 3.63) is 34.4 Å². The predicted molar refractivity (Wildman–Crippen MR) is 104 cm³/mol. The topological polar surface area (TPSA) is 133 Å². The van der Waals surface area contributed by atoms with Crippen LogP contribution in [0.5, 0.6) is 11.5 Å². The molecule has 0 fully saturated rings. The average Bonchev–Trinajstić information content (AvgIpc) is 2.72. The molecule has 5 N–H and O–H groups in total. The van der Waals surface area contributed by atoms with Crippen molar-refractivity contribution in [3.63, 3.8) is 0 Å². The molecule has 8 nitrogen and oxygen atoms in total. The summed E-state index contributed by atoms with van der Waals surface area (Å²) in [5.74, 6) is 3.62. The molecule has 0 spiro atoms. The number of aromatic hydroxyl groups is 1. The number of amides is 1. The highest BCUT2D eigenvalue weighted by atomic mass is 19.4. The minimum Gasteiger partial charge on any atom is -0.507 e. The number of fused-ring (bicyclic) bond motifs is 1. The Morgan fingerprint density at radius 1 is 1.40 bits per heavy atom. The van der Waals surface area contributed by atoms with Crippen molar-refractivity contribution in [2.45, 2.75) is 39.2 Å². The van der Waals surface area contributed by atoms with Crippen LogP contribution in [0.3, 0.4) is 0 Å². The van der Waals surface area contributed by atoms with Crippen molar-refractivity contribution in [1.82, 2.24) is 0 Å². The summed E-state index contributed by atoms with van der Waals surface area (Å²) in [6, 6.07) is 1.87. The molecule has 0 aliphatic carbocycles. The molecular weight excluding hydrogens is 405 g/mol. The molecule has 2 rings (SSSR count). The van der Waals surface area contributed by atoms with Crippen LogP contribution in [0.2, 0.25) is 0 Å². The van der Waals surface area contributed by atoms with Crippen molar-refractivity contribution in [1.29, 1.82) is 0 Å². The second-order valence-electron chi connectivity index (χ2n) is 6.45. The lowest BCUT2D eigenvalue weighted by Crippen LogP contribution is -2.22. The lowest BCUT2D eigenvalue weighted by molar-refractivity contribution is -0.274. The minimum atomic E-state index is -4.94. The number of rotatable bonds is 5. The second kappa shape index (κ2) is 10.1. The van der Waals surface area contributed by atoms with Crippen molar-refractivity contribution in [2.24, 2.45) is 21.7 Å². The van der Waals surface area contributed by atoms with Gasteiger partial charge >= 0.3 is 6.36 Å². The second-order valence-corrected chi connectivity index (χ2v) is 6.45. The lowest BCUT2D eigenvalue weighted by atomic mass is 9.91. The quantitative estimate of drug-likeness (QED) is 0.287. The fraction of sp³-hybridized carbons (Fsp3) is 0.421. The van der Waals surface area contributed by atoms with Gasteiger partial charge in [-0.05, 0) is 36.5 Å². The molecular formula is C19H23F3N4O4. The number of halogens is 3. The van der Waals surface area contributed by atoms with Crippen molar-refractivity contribution < 1.29 is 32.5 Å². The van der Waals surface area contributed by atoms with Crippen LogP contribution < -0.4 is 16.3 Å². The number of carbonyl (C=O) groups is 1. The number of benzene rings is 1. The van der Waals surface area contributed by atoms with E-state index in [1.54, 1.807) is 0 Å². The largest absolute Gasteiger partial charge is 0.573 e. The number of phenolic OH excluding ortho intramolecular Hbond substituents is 1. The van der Waals surface area contributed by atoms with Crippen LogP contribution in [0.25, 0.3) is 0 Å². The summed E-state index contributed by atoms with van der Waals surface area (Å²) in [5.41, 5.74) is 6.10. The fourth-order valence-electron chi connectivity index (χ4n) is 3.02. The van der Waals surface area contributed by atoms with Crippen LogP contribution in [0.15, 0.2) is 33.4 Å². The predicted octanol–water partition coefficient (Wildman–Crippen LogP) is 2.53. The van der Waals surface area contributed by atoms with Gasteiger partial charge in [-0.2, -0.15) is 5.10 Å². The molecule has 1 aromatic carbocycles. The average molecular weight is 428 g/mol. The molecule has 1 heterocycles. The molecule has 1 aliphatic heterocycles. The fourth-order valence-corrected chi connectivity index (χ4v) is 3.02. The molecule has 0 aromatic heterocycles. The number of ether oxygens (including phenoxy) is 2. The number of primary amides is 1. The number of hydrogen-bond acceptors (Lipinski definition) is 7. The first-order valence-corrected chi connectivity index (χ1v) is 9.18. The maximum atomic E-state index is 12.6. The Balaban J connectivity index is 2.69. The van der Waals surface area contributed by atoms with Gasteiger partial charge in [0.05, 0.1) is 17.9 Å². The van der Waals surface area contributed by atoms with Crippen LogP contribution in [0.1, 0.15) is 37.3 Å². The standard InChI is InChI=1S/C19H23F3N4O4/c1-2-5-25-9-14(18(23)28)13-4-3-6-29-10-11-7-12(30-19(20,21)22)8-15(27)16(11)17(13)26-24/h7-9,27H,2-6,10,24H2,1H3,(H2,23,28)/b14-13+,25-9?,26-17+. The number of hydrogen-bond donors (Lipinski definition) is 3. The highest BCUT2D eigenvalue weighted by Gasteiger charge is 2.32. The van der Waals surface area contributed by atoms with Gasteiger partial charge in [0.2, 0.25) is 0 Å². The molecule has 0 saturated carbocycles. The van der Waals surface area contributed by atoms with Crippen LogP contribution in [0, 0.1) is 0 Å². The Morgan fingerprint density at radius 3 is 2.73 bits per heavy atom. The van der Waals surface area contributed by atoms with E-state index in [-0.39, 0.29) is 42.0 Å². The molecule has 1 amide bonds. The van der Waals surface area contributed by atoms with Crippen molar-refractivity contribution in [2.75, 3.05) is 13.2 Å². The van der Waals surface area contributed by atoms with Crippen LogP contribution in [0.4, 0.5) is 13.2 Å². The smallest absolute Gasteiger partial charge is 0.507 e. The number of hydrazone groups is 1. The third kappa shape index (κ3) is 5.96. The van der Waals surface area contributed by atoms with Gasteiger partial charge in [0.25, 0.3) is 5.91 Å². The van der Waals surface area contributed by atoms with Crippen LogP contribution in [-0.2, 0) is 16.1 Å². The Bertz CT molecular complexity index is 879. The first-order valence-electron chi connectivity index (χ1n) is 9.18. The number of alkyl halides is 3. The summed E-state index contributed by atoms with van der Waals surface area (Å²) in [5, 5.41) is 14.2. The summed E-state index contributed by atoms with van der Waals surface area (Å²) < 4.78 is 47.2. The van der Waals surface area contributed by atoms with E-state index in [2.05, 4.69) is 14.8 Å². The Labute approximate surface area is 171 Å². The number of allylic oxidation sites excluding steroid dienone is 1. The Kier molecular flexibility index (Phi) is 7.81. The van der Waals surface area contributed by atoms with Gasteiger partial charge in [-0.15, -0.1) is 13.2 Å². The third-order valence-electron chi connectivity index (χ3n) is 4.19. The highest BCUT2D eigenvalue weighted by molar-refractivity contribution is 6.24. The molecule has 0 bridgehead atoms. The number of carbonyl (C=O) groups excluding carboxylic acids is 1. The molecule has 0 saturated heterocycles. The molecule has 0 radical (unpaired) electrons. The van der Waals surface area contributed by atoms with Crippen LogP contribution in [-0.4, -0.2) is 42.5 Å². The van der Waals surface area contributed by atoms with Gasteiger partial charge < -0.3 is 26.2 Å². The number of nitrogens with two attached hydrogens (primary N) is 2. The molecule has 0 unspecified atom stereocenters. The molecule has 164 valence electrons. The number of nitrogens with zero attached hydrogens (tertiary/aromatic N) is 2. The third-order valence-corrected chi connectivity index (χ3v) is 4.19. The van der Waals surface area contributed by atoms with Gasteiger partial charge in [0, 0.05) is 31.0 Å². The van der Waals surface area contributed by atoms with E-state index in [4.69, 9.17) is 16.3 Å². The molecule has 11 heteroatoms. The molecule has 0 atom stereocenters. The van der Waals surface area contributed by atoms with E-state index < -0.39 is 23.8 Å². The van der Waals surface area contributed by atoms with E-state index >= 15 is 0 Å². The van der Waals surface area contributed by atoms with Gasteiger partial charge in [0.15, 0.2) is 0 Å². The molecule has 1 aliphatic rings. The number of phenols is 1. The summed E-state index contributed by atoms with van der Waals surface area (Å²) in [6.45, 7) is 2.49. The van der Waals surface area contributed by atoms with Crippen LogP contribution >= 0.6 is 0 Å². The normalized spacial score (nSPS) is 18.5. The van der Waals surface area contributed by atoms with Gasteiger partial charge in [-0.1, -0.05) is 6.92 Å². The Hall–Kier alpha value is -3.08. The van der Waals surface area contributed by atoms with E-state index in [1.165, 1.54) is 6.21 Å². The maximum Gasteiger partial charge on any atom is 0.573 e. The molecule has 1 aromatic rings. The van der Waals surface area contributed by atoms with Crippen molar-refractivity contribution >= 4 is 17.8 Å². The van der Waals surface area contributed by atoms with Gasteiger partial charge in [0.1, 0.15) is 11.5 Å². The highest BCUT2D eigenvalue weighted by Crippen LogP contribution is 2.35. The monoisotopic (exact) mass is 428 g/mol. The summed E-state index contributed by atoms with van der Waals surface area (Å²) in [4.78, 5) is 16.2. The minimum absolute atomic E-state index is 0.0170. The zero-order valence-electron chi connectivity index (χ0n) is 16.3. The first-order chi connectivity index (χ1) is 14.2. The Morgan fingerprint density at radius 2 is 2.13 bits per heavy atom. The van der Waals surface area contributed by atoms with E-state index in [0.29, 0.717) is 18.5 Å². The SMILES string of the molecule is CCCN=C/C(C(N)=O)=C1/CCCOCc2cc(OC(F)(F)F)cc(O)c2/C1=N/N. The summed E-state index contributed by atoms with van der Waals surface area (Å²) >= 11 is 0. The van der Waals surface area contributed by atoms with E-state index in [0.717, 1.165) is 18.6 Å². The zero-order chi connectivity index (χ0) is 22.3. The van der Waals surface area contributed by atoms with Crippen molar-refractivity contribution in [3.8, 4) is 11.5 Å². The van der Waals surface area contributed by atoms with Gasteiger partial charge in [-0.3, -0.25) is 9.79 Å². The zero-order valence-corrected chi connectivity index (χ0v) is 16.3. The summed E-state index contributed by atoms with van der Waals surface area (Å²) in [6.07, 6.45) is -2.15. The van der Waals surface area contributed by atoms with E-state index in [1.807, 2.05) is 6.92 Å². The summed E-state index contributed by atoms with van der Waals surface area (Å²) in [7, 11) is 0. The first kappa shape index (κ1) is 23.2. The molecule has 30 heavy (non-hydrogen) atoms. The van der Waals surface area contributed by atoms with E-state index in [9.17, 15) is 23.1 Å².